The van der Waals surface area contributed by atoms with Crippen molar-refractivity contribution >= 4 is 0 Å². The second-order valence-electron chi connectivity index (χ2n) is 9.56. The summed E-state index contributed by atoms with van der Waals surface area (Å²) in [5.74, 6) is 0.530. The lowest BCUT2D eigenvalue weighted by Gasteiger charge is -2.20. The van der Waals surface area contributed by atoms with Gasteiger partial charge in [0.25, 0.3) is 0 Å². The SMILES string of the molecule is CCCCCCCCCCCCCC(c1ccc(C)c(C)c1)c1ccc(C)c(C)c1. The van der Waals surface area contributed by atoms with Crippen molar-refractivity contribution in [3.63, 3.8) is 0 Å². The van der Waals surface area contributed by atoms with Gasteiger partial charge in [0.1, 0.15) is 0 Å². The second kappa shape index (κ2) is 13.7. The predicted molar refractivity (Wildman–Crippen MR) is 135 cm³/mol. The molecule has 2 aromatic carbocycles. The van der Waals surface area contributed by atoms with E-state index in [0.717, 1.165) is 0 Å². The summed E-state index contributed by atoms with van der Waals surface area (Å²) in [6.07, 6.45) is 16.8. The van der Waals surface area contributed by atoms with Gasteiger partial charge in [-0.1, -0.05) is 114 Å². The van der Waals surface area contributed by atoms with Crippen LogP contribution in [0.4, 0.5) is 0 Å². The summed E-state index contributed by atoms with van der Waals surface area (Å²) in [5, 5.41) is 0. The van der Waals surface area contributed by atoms with E-state index in [1.165, 1.54) is 110 Å². The summed E-state index contributed by atoms with van der Waals surface area (Å²) in [7, 11) is 0. The Morgan fingerprint density at radius 2 is 0.900 bits per heavy atom. The van der Waals surface area contributed by atoms with E-state index in [4.69, 9.17) is 0 Å². The molecule has 0 saturated heterocycles. The Bertz CT molecular complexity index is 688. The number of hydrogen-bond acceptors (Lipinski definition) is 0. The van der Waals surface area contributed by atoms with Crippen molar-refractivity contribution in [1.29, 1.82) is 0 Å². The molecule has 2 rings (SSSR count). The maximum Gasteiger partial charge on any atom is 0.00895 e. The van der Waals surface area contributed by atoms with Crippen LogP contribution in [0.1, 0.15) is 123 Å². The molecular weight excluding hydrogens is 360 g/mol. The quantitative estimate of drug-likeness (QED) is 0.274. The van der Waals surface area contributed by atoms with Crippen molar-refractivity contribution in [3.8, 4) is 0 Å². The molecule has 166 valence electrons. The van der Waals surface area contributed by atoms with Crippen LogP contribution >= 0.6 is 0 Å². The zero-order valence-electron chi connectivity index (χ0n) is 20.5. The first-order valence-electron chi connectivity index (χ1n) is 12.7. The lowest BCUT2D eigenvalue weighted by Crippen LogP contribution is -2.03. The van der Waals surface area contributed by atoms with Crippen LogP contribution in [0.25, 0.3) is 0 Å². The lowest BCUT2D eigenvalue weighted by molar-refractivity contribution is 0.536. The molecule has 30 heavy (non-hydrogen) atoms. The molecule has 0 amide bonds. The molecule has 0 aromatic heterocycles. The average Bonchev–Trinajstić information content (AvgIpc) is 2.73. The average molecular weight is 407 g/mol. The molecule has 0 radical (unpaired) electrons. The smallest absolute Gasteiger partial charge is 0.00895 e. The van der Waals surface area contributed by atoms with Crippen LogP contribution in [0.3, 0.4) is 0 Å². The van der Waals surface area contributed by atoms with Crippen LogP contribution < -0.4 is 0 Å². The molecule has 0 aliphatic heterocycles. The van der Waals surface area contributed by atoms with Gasteiger partial charge >= 0.3 is 0 Å². The number of rotatable bonds is 14. The van der Waals surface area contributed by atoms with Crippen molar-refractivity contribution in [1.82, 2.24) is 0 Å². The monoisotopic (exact) mass is 406 g/mol. The minimum Gasteiger partial charge on any atom is -0.0654 e. The van der Waals surface area contributed by atoms with Gasteiger partial charge in [0.2, 0.25) is 0 Å². The Kier molecular flexibility index (Phi) is 11.3. The van der Waals surface area contributed by atoms with Crippen LogP contribution in [0.2, 0.25) is 0 Å². The molecule has 0 fully saturated rings. The van der Waals surface area contributed by atoms with Gasteiger partial charge in [0.05, 0.1) is 0 Å². The van der Waals surface area contributed by atoms with E-state index in [-0.39, 0.29) is 0 Å². The van der Waals surface area contributed by atoms with E-state index in [1.54, 1.807) is 0 Å². The molecule has 0 spiro atoms. The van der Waals surface area contributed by atoms with Gasteiger partial charge in [0, 0.05) is 5.92 Å². The van der Waals surface area contributed by atoms with Gasteiger partial charge in [-0.2, -0.15) is 0 Å². The molecule has 0 aliphatic rings. The largest absolute Gasteiger partial charge is 0.0654 e. The molecule has 0 heteroatoms. The highest BCUT2D eigenvalue weighted by molar-refractivity contribution is 5.40. The first-order chi connectivity index (χ1) is 14.5. The number of unbranched alkanes of at least 4 members (excludes halogenated alkanes) is 10. The third-order valence-electron chi connectivity index (χ3n) is 6.96. The fourth-order valence-corrected chi connectivity index (χ4v) is 4.50. The number of aryl methyl sites for hydroxylation is 4. The second-order valence-corrected chi connectivity index (χ2v) is 9.56. The van der Waals surface area contributed by atoms with Crippen molar-refractivity contribution in [2.45, 2.75) is 118 Å². The highest BCUT2D eigenvalue weighted by atomic mass is 14.2. The molecule has 0 atom stereocenters. The Morgan fingerprint density at radius 3 is 1.30 bits per heavy atom. The molecule has 0 nitrogen and oxygen atoms in total. The van der Waals surface area contributed by atoms with Crippen LogP contribution in [-0.2, 0) is 0 Å². The van der Waals surface area contributed by atoms with Crippen LogP contribution in [0, 0.1) is 27.7 Å². The zero-order valence-corrected chi connectivity index (χ0v) is 20.5. The summed E-state index contributed by atoms with van der Waals surface area (Å²) in [6, 6.07) is 14.2. The Hall–Kier alpha value is -1.56. The fourth-order valence-electron chi connectivity index (χ4n) is 4.50. The normalized spacial score (nSPS) is 11.4. The van der Waals surface area contributed by atoms with Gasteiger partial charge in [-0.05, 0) is 67.5 Å². The minimum absolute atomic E-state index is 0.530. The predicted octanol–water partition coefficient (Wildman–Crippen LogP) is 9.75. The topological polar surface area (TPSA) is 0 Å². The maximum absolute atomic E-state index is 2.42. The molecule has 0 bridgehead atoms. The lowest BCUT2D eigenvalue weighted by atomic mass is 9.84. The van der Waals surface area contributed by atoms with Gasteiger partial charge in [-0.25, -0.2) is 0 Å². The molecular formula is C30H46. The number of hydrogen-bond donors (Lipinski definition) is 0. The van der Waals surface area contributed by atoms with E-state index in [0.29, 0.717) is 5.92 Å². The maximum atomic E-state index is 2.42. The Morgan fingerprint density at radius 1 is 0.500 bits per heavy atom. The molecule has 0 saturated carbocycles. The molecule has 0 N–H and O–H groups in total. The Balaban J connectivity index is 1.84. The molecule has 0 heterocycles. The van der Waals surface area contributed by atoms with E-state index in [9.17, 15) is 0 Å². The third-order valence-corrected chi connectivity index (χ3v) is 6.96. The molecule has 2 aromatic rings. The highest BCUT2D eigenvalue weighted by Gasteiger charge is 2.15. The van der Waals surface area contributed by atoms with Gasteiger partial charge in [0.15, 0.2) is 0 Å². The van der Waals surface area contributed by atoms with E-state index < -0.39 is 0 Å². The summed E-state index contributed by atoms with van der Waals surface area (Å²) in [6.45, 7) is 11.2. The summed E-state index contributed by atoms with van der Waals surface area (Å²) in [4.78, 5) is 0. The van der Waals surface area contributed by atoms with Crippen LogP contribution in [-0.4, -0.2) is 0 Å². The van der Waals surface area contributed by atoms with Gasteiger partial charge in [-0.3, -0.25) is 0 Å². The summed E-state index contributed by atoms with van der Waals surface area (Å²) in [5.41, 5.74) is 8.61. The van der Waals surface area contributed by atoms with Crippen LogP contribution in [0.5, 0.6) is 0 Å². The van der Waals surface area contributed by atoms with Crippen LogP contribution in [0.15, 0.2) is 36.4 Å². The summed E-state index contributed by atoms with van der Waals surface area (Å²) >= 11 is 0. The first-order valence-corrected chi connectivity index (χ1v) is 12.7. The highest BCUT2D eigenvalue weighted by Crippen LogP contribution is 2.32. The van der Waals surface area contributed by atoms with E-state index in [1.807, 2.05) is 0 Å². The van der Waals surface area contributed by atoms with Crippen molar-refractivity contribution in [2.75, 3.05) is 0 Å². The third kappa shape index (κ3) is 8.29. The van der Waals surface area contributed by atoms with Gasteiger partial charge < -0.3 is 0 Å². The first kappa shape index (κ1) is 24.7. The number of benzene rings is 2. The van der Waals surface area contributed by atoms with E-state index >= 15 is 0 Å². The van der Waals surface area contributed by atoms with Crippen molar-refractivity contribution in [3.05, 3.63) is 69.8 Å². The van der Waals surface area contributed by atoms with Gasteiger partial charge in [-0.15, -0.1) is 0 Å². The zero-order chi connectivity index (χ0) is 21.8. The Labute approximate surface area is 187 Å². The molecule has 0 unspecified atom stereocenters. The van der Waals surface area contributed by atoms with Crippen molar-refractivity contribution < 1.29 is 0 Å². The fraction of sp³-hybridized carbons (Fsp3) is 0.600. The summed E-state index contributed by atoms with van der Waals surface area (Å²) < 4.78 is 0. The minimum atomic E-state index is 0.530. The standard InChI is InChI=1S/C30H46/c1-6-7-8-9-10-11-12-13-14-15-16-17-30(28-20-18-24(2)26(4)22-28)29-21-19-25(3)27(5)23-29/h18-23,30H,6-17H2,1-5H3. The van der Waals surface area contributed by atoms with Crippen molar-refractivity contribution in [2.24, 2.45) is 0 Å². The molecule has 0 aliphatic carbocycles. The van der Waals surface area contributed by atoms with E-state index in [2.05, 4.69) is 71.0 Å².